The summed E-state index contributed by atoms with van der Waals surface area (Å²) in [5.74, 6) is 1.01. The van der Waals surface area contributed by atoms with Crippen LogP contribution in [0.5, 0.6) is 0 Å². The predicted octanol–water partition coefficient (Wildman–Crippen LogP) is 1.67. The number of fused-ring (bicyclic) bond motifs is 1. The second kappa shape index (κ2) is 11.0. The van der Waals surface area contributed by atoms with Gasteiger partial charge < -0.3 is 20.3 Å². The predicted molar refractivity (Wildman–Crippen MR) is 123 cm³/mol. The Morgan fingerprint density at radius 2 is 2.00 bits per heavy atom. The zero-order valence-corrected chi connectivity index (χ0v) is 20.0. The molecule has 0 bridgehead atoms. The van der Waals surface area contributed by atoms with Crippen LogP contribution in [0.2, 0.25) is 0 Å². The highest BCUT2D eigenvalue weighted by atomic mass is 127. The maximum Gasteiger partial charge on any atom is 0.230 e. The fourth-order valence-electron chi connectivity index (χ4n) is 4.76. The van der Waals surface area contributed by atoms with Crippen LogP contribution in [0.1, 0.15) is 45.4 Å². The molecule has 28 heavy (non-hydrogen) atoms. The molecule has 2 aliphatic heterocycles. The van der Waals surface area contributed by atoms with Crippen LogP contribution in [0.4, 0.5) is 0 Å². The van der Waals surface area contributed by atoms with E-state index in [0.717, 1.165) is 57.9 Å². The minimum absolute atomic E-state index is 0. The summed E-state index contributed by atoms with van der Waals surface area (Å²) in [6.07, 6.45) is 6.88. The summed E-state index contributed by atoms with van der Waals surface area (Å²) in [4.78, 5) is 21.8. The van der Waals surface area contributed by atoms with E-state index in [4.69, 9.17) is 9.73 Å². The maximum absolute atomic E-state index is 12.7. The van der Waals surface area contributed by atoms with Crippen LogP contribution < -0.4 is 10.6 Å². The number of guanidine groups is 1. The van der Waals surface area contributed by atoms with E-state index in [2.05, 4.69) is 22.5 Å². The third-order valence-electron chi connectivity index (χ3n) is 6.26. The first-order valence-electron chi connectivity index (χ1n) is 10.6. The highest BCUT2D eigenvalue weighted by molar-refractivity contribution is 14.0. The minimum Gasteiger partial charge on any atom is -0.373 e. The van der Waals surface area contributed by atoms with Crippen molar-refractivity contribution in [2.45, 2.75) is 57.6 Å². The van der Waals surface area contributed by atoms with Gasteiger partial charge in [-0.15, -0.1) is 24.0 Å². The van der Waals surface area contributed by atoms with Crippen molar-refractivity contribution >= 4 is 35.8 Å². The number of nitrogens with zero attached hydrogens (tertiary/aromatic N) is 3. The summed E-state index contributed by atoms with van der Waals surface area (Å²) in [5, 5.41) is 6.76. The summed E-state index contributed by atoms with van der Waals surface area (Å²) in [7, 11) is 3.70. The summed E-state index contributed by atoms with van der Waals surface area (Å²) in [5.41, 5.74) is -0.323. The summed E-state index contributed by atoms with van der Waals surface area (Å²) >= 11 is 0. The molecule has 2 atom stereocenters. The van der Waals surface area contributed by atoms with Gasteiger partial charge in [0.05, 0.1) is 24.7 Å². The molecule has 3 rings (SSSR count). The molecule has 1 amide bonds. The first-order chi connectivity index (χ1) is 13.0. The molecule has 0 radical (unpaired) electrons. The molecule has 2 unspecified atom stereocenters. The summed E-state index contributed by atoms with van der Waals surface area (Å²) in [6, 6.07) is 0.627. The van der Waals surface area contributed by atoms with Crippen molar-refractivity contribution < 1.29 is 9.53 Å². The Balaban J connectivity index is 0.00000280. The van der Waals surface area contributed by atoms with Gasteiger partial charge in [0, 0.05) is 39.8 Å². The molecule has 0 aromatic carbocycles. The lowest BCUT2D eigenvalue weighted by Crippen LogP contribution is -2.51. The van der Waals surface area contributed by atoms with Gasteiger partial charge in [-0.2, -0.15) is 0 Å². The highest BCUT2D eigenvalue weighted by Crippen LogP contribution is 2.39. The van der Waals surface area contributed by atoms with Crippen molar-refractivity contribution in [3.05, 3.63) is 0 Å². The first kappa shape index (κ1) is 23.7. The molecule has 2 saturated heterocycles. The van der Waals surface area contributed by atoms with E-state index >= 15 is 0 Å². The zero-order valence-electron chi connectivity index (χ0n) is 17.7. The number of halogens is 1. The van der Waals surface area contributed by atoms with Crippen molar-refractivity contribution in [2.24, 2.45) is 10.4 Å². The molecule has 0 spiro atoms. The number of ether oxygens (including phenoxy) is 1. The van der Waals surface area contributed by atoms with E-state index < -0.39 is 0 Å². The first-order valence-corrected chi connectivity index (χ1v) is 10.6. The van der Waals surface area contributed by atoms with E-state index in [1.165, 1.54) is 19.4 Å². The van der Waals surface area contributed by atoms with E-state index in [0.29, 0.717) is 12.6 Å². The lowest BCUT2D eigenvalue weighted by atomic mass is 9.85. The number of rotatable bonds is 6. The number of nitrogens with one attached hydrogen (secondary N) is 2. The van der Waals surface area contributed by atoms with Gasteiger partial charge in [0.15, 0.2) is 5.96 Å². The van der Waals surface area contributed by atoms with Crippen LogP contribution in [0, 0.1) is 5.41 Å². The third kappa shape index (κ3) is 5.72. The van der Waals surface area contributed by atoms with Gasteiger partial charge in [0.1, 0.15) is 0 Å². The van der Waals surface area contributed by atoms with Crippen molar-refractivity contribution in [3.63, 3.8) is 0 Å². The molecule has 162 valence electrons. The molecule has 0 aromatic heterocycles. The van der Waals surface area contributed by atoms with E-state index in [1.54, 1.807) is 4.90 Å². The minimum atomic E-state index is -0.323. The molecule has 2 N–H and O–H groups in total. The van der Waals surface area contributed by atoms with Crippen molar-refractivity contribution in [1.82, 2.24) is 20.4 Å². The fraction of sp³-hybridized carbons (Fsp3) is 0.900. The van der Waals surface area contributed by atoms with Crippen LogP contribution in [0.15, 0.2) is 4.99 Å². The van der Waals surface area contributed by atoms with E-state index in [-0.39, 0.29) is 41.4 Å². The molecule has 3 fully saturated rings. The largest absolute Gasteiger partial charge is 0.373 e. The van der Waals surface area contributed by atoms with Gasteiger partial charge in [-0.1, -0.05) is 12.8 Å². The Morgan fingerprint density at radius 1 is 1.25 bits per heavy atom. The van der Waals surface area contributed by atoms with Crippen LogP contribution in [0.3, 0.4) is 0 Å². The number of aliphatic imine (C=N–C) groups is 1. The van der Waals surface area contributed by atoms with Gasteiger partial charge in [-0.25, -0.2) is 0 Å². The SMILES string of the molecule is CCNC(=NCC1(C(=O)N(C)C)CCCC1)NCC1CN2CCCC2CO1.I. The van der Waals surface area contributed by atoms with Crippen molar-refractivity contribution in [1.29, 1.82) is 0 Å². The molecule has 1 aliphatic carbocycles. The normalized spacial score (nSPS) is 27.0. The standard InChI is InChI=1S/C20H37N5O2.HI/c1-4-21-19(22-12-17-13-25-11-7-8-16(25)14-27-17)23-15-20(9-5-6-10-20)18(26)24(2)3;/h16-17H,4-15H2,1-3H3,(H2,21,22,23);1H. The molecular formula is C20H38IN5O2. The van der Waals surface area contributed by atoms with E-state index in [9.17, 15) is 4.79 Å². The van der Waals surface area contributed by atoms with Crippen LogP contribution in [-0.4, -0.2) is 87.2 Å². The van der Waals surface area contributed by atoms with Gasteiger partial charge in [0.2, 0.25) is 5.91 Å². The quantitative estimate of drug-likeness (QED) is 0.325. The molecule has 8 heteroatoms. The van der Waals surface area contributed by atoms with Gasteiger partial charge in [0.25, 0.3) is 0 Å². The second-order valence-corrected chi connectivity index (χ2v) is 8.51. The Labute approximate surface area is 187 Å². The number of carbonyl (C=O) groups is 1. The average molecular weight is 507 g/mol. The molecule has 0 aromatic rings. The Kier molecular flexibility index (Phi) is 9.27. The zero-order chi connectivity index (χ0) is 19.3. The van der Waals surface area contributed by atoms with Gasteiger partial charge >= 0.3 is 0 Å². The Hall–Kier alpha value is -0.610. The number of amides is 1. The highest BCUT2D eigenvalue weighted by Gasteiger charge is 2.42. The van der Waals surface area contributed by atoms with Gasteiger partial charge in [-0.05, 0) is 39.2 Å². The van der Waals surface area contributed by atoms with Crippen molar-refractivity contribution in [3.8, 4) is 0 Å². The van der Waals surface area contributed by atoms with Crippen LogP contribution in [0.25, 0.3) is 0 Å². The molecule has 3 aliphatic rings. The number of carbonyl (C=O) groups excluding carboxylic acids is 1. The lowest BCUT2D eigenvalue weighted by Gasteiger charge is -2.35. The Bertz CT molecular complexity index is 537. The maximum atomic E-state index is 12.7. The summed E-state index contributed by atoms with van der Waals surface area (Å²) in [6.45, 7) is 7.23. The third-order valence-corrected chi connectivity index (χ3v) is 6.26. The lowest BCUT2D eigenvalue weighted by molar-refractivity contribution is -0.138. The molecular weight excluding hydrogens is 469 g/mol. The van der Waals surface area contributed by atoms with Crippen molar-refractivity contribution in [2.75, 3.05) is 53.4 Å². The monoisotopic (exact) mass is 507 g/mol. The Morgan fingerprint density at radius 3 is 2.68 bits per heavy atom. The molecule has 1 saturated carbocycles. The number of hydrogen-bond donors (Lipinski definition) is 2. The summed E-state index contributed by atoms with van der Waals surface area (Å²) < 4.78 is 6.04. The molecule has 2 heterocycles. The number of hydrogen-bond acceptors (Lipinski definition) is 4. The second-order valence-electron chi connectivity index (χ2n) is 8.51. The smallest absolute Gasteiger partial charge is 0.230 e. The van der Waals surface area contributed by atoms with Crippen LogP contribution >= 0.6 is 24.0 Å². The fourth-order valence-corrected chi connectivity index (χ4v) is 4.76. The van der Waals surface area contributed by atoms with E-state index in [1.807, 2.05) is 14.1 Å². The van der Waals surface area contributed by atoms with Crippen LogP contribution in [-0.2, 0) is 9.53 Å². The molecule has 7 nitrogen and oxygen atoms in total. The average Bonchev–Trinajstić information content (AvgIpc) is 3.32. The van der Waals surface area contributed by atoms with Gasteiger partial charge in [-0.3, -0.25) is 14.7 Å². The number of morpholine rings is 1. The topological polar surface area (TPSA) is 69.2 Å².